The molecule has 0 atom stereocenters. The standard InChI is InChI=1S/C14H30O/c1-7-9-14(15,10-8-2)11-13(5,6)12(3)4/h12,15H,7-11H2,1-6H3. The molecule has 0 fully saturated rings. The van der Waals surface area contributed by atoms with E-state index in [0.29, 0.717) is 5.92 Å². The van der Waals surface area contributed by atoms with Crippen LogP contribution in [0.25, 0.3) is 0 Å². The minimum atomic E-state index is -0.433. The molecule has 0 heterocycles. The van der Waals surface area contributed by atoms with E-state index in [1.54, 1.807) is 0 Å². The molecule has 0 bridgehead atoms. The number of hydrogen-bond acceptors (Lipinski definition) is 1. The Morgan fingerprint density at radius 3 is 1.67 bits per heavy atom. The summed E-state index contributed by atoms with van der Waals surface area (Å²) in [6, 6.07) is 0. The quantitative estimate of drug-likeness (QED) is 0.666. The third-order valence-electron chi connectivity index (χ3n) is 3.78. The topological polar surface area (TPSA) is 20.2 Å². The highest BCUT2D eigenvalue weighted by Gasteiger charge is 2.34. The van der Waals surface area contributed by atoms with Gasteiger partial charge in [-0.3, -0.25) is 0 Å². The fourth-order valence-corrected chi connectivity index (χ4v) is 2.28. The van der Waals surface area contributed by atoms with Crippen molar-refractivity contribution in [2.45, 2.75) is 79.2 Å². The highest BCUT2D eigenvalue weighted by Crippen LogP contribution is 2.38. The maximum atomic E-state index is 10.6. The molecule has 0 amide bonds. The van der Waals surface area contributed by atoms with Crippen molar-refractivity contribution >= 4 is 0 Å². The highest BCUT2D eigenvalue weighted by atomic mass is 16.3. The Morgan fingerprint density at radius 2 is 1.40 bits per heavy atom. The number of rotatable bonds is 7. The fourth-order valence-electron chi connectivity index (χ4n) is 2.28. The summed E-state index contributed by atoms with van der Waals surface area (Å²) in [5.74, 6) is 0.623. The first-order valence-electron chi connectivity index (χ1n) is 6.50. The summed E-state index contributed by atoms with van der Waals surface area (Å²) in [6.07, 6.45) is 4.96. The zero-order valence-corrected chi connectivity index (χ0v) is 11.6. The van der Waals surface area contributed by atoms with Gasteiger partial charge in [-0.2, -0.15) is 0 Å². The third-order valence-corrected chi connectivity index (χ3v) is 3.78. The molecule has 0 saturated carbocycles. The van der Waals surface area contributed by atoms with E-state index < -0.39 is 5.60 Å². The first kappa shape index (κ1) is 15.0. The van der Waals surface area contributed by atoms with Crippen LogP contribution in [0.1, 0.15) is 73.6 Å². The molecule has 0 rings (SSSR count). The van der Waals surface area contributed by atoms with Gasteiger partial charge in [-0.25, -0.2) is 0 Å². The van der Waals surface area contributed by atoms with Crippen molar-refractivity contribution in [2.24, 2.45) is 11.3 Å². The Morgan fingerprint density at radius 1 is 1.00 bits per heavy atom. The van der Waals surface area contributed by atoms with Crippen molar-refractivity contribution < 1.29 is 5.11 Å². The predicted molar refractivity (Wildman–Crippen MR) is 68.0 cm³/mol. The lowest BCUT2D eigenvalue weighted by Gasteiger charge is -2.39. The van der Waals surface area contributed by atoms with Crippen molar-refractivity contribution in [3.8, 4) is 0 Å². The highest BCUT2D eigenvalue weighted by molar-refractivity contribution is 4.86. The largest absolute Gasteiger partial charge is 0.390 e. The van der Waals surface area contributed by atoms with Gasteiger partial charge in [-0.1, -0.05) is 54.4 Å². The van der Waals surface area contributed by atoms with E-state index in [1.807, 2.05) is 0 Å². The molecule has 15 heavy (non-hydrogen) atoms. The summed E-state index contributed by atoms with van der Waals surface area (Å²) in [5, 5.41) is 10.6. The second-order valence-corrected chi connectivity index (χ2v) is 6.04. The van der Waals surface area contributed by atoms with Crippen LogP contribution in [0.3, 0.4) is 0 Å². The first-order valence-corrected chi connectivity index (χ1v) is 6.50. The molecule has 0 aliphatic heterocycles. The van der Waals surface area contributed by atoms with Crippen LogP contribution in [-0.4, -0.2) is 10.7 Å². The van der Waals surface area contributed by atoms with Crippen LogP contribution < -0.4 is 0 Å². The van der Waals surface area contributed by atoms with Gasteiger partial charge < -0.3 is 5.11 Å². The summed E-state index contributed by atoms with van der Waals surface area (Å²) in [5.41, 5.74) is -0.198. The van der Waals surface area contributed by atoms with Gasteiger partial charge in [0.25, 0.3) is 0 Å². The number of hydrogen-bond donors (Lipinski definition) is 1. The normalized spacial score (nSPS) is 13.6. The van der Waals surface area contributed by atoms with Crippen LogP contribution in [0, 0.1) is 11.3 Å². The molecular formula is C14H30O. The molecule has 0 aliphatic carbocycles. The van der Waals surface area contributed by atoms with Crippen LogP contribution in [0.4, 0.5) is 0 Å². The first-order chi connectivity index (χ1) is 6.77. The van der Waals surface area contributed by atoms with Crippen molar-refractivity contribution in [3.63, 3.8) is 0 Å². The number of aliphatic hydroxyl groups is 1. The minimum Gasteiger partial charge on any atom is -0.390 e. The van der Waals surface area contributed by atoms with Gasteiger partial charge in [0, 0.05) is 0 Å². The average Bonchev–Trinajstić information content (AvgIpc) is 2.02. The second kappa shape index (κ2) is 5.89. The Labute approximate surface area is 96.3 Å². The minimum absolute atomic E-state index is 0.235. The zero-order chi connectivity index (χ0) is 12.1. The smallest absolute Gasteiger partial charge is 0.0652 e. The molecule has 0 aromatic rings. The van der Waals surface area contributed by atoms with Crippen LogP contribution >= 0.6 is 0 Å². The lowest BCUT2D eigenvalue weighted by Crippen LogP contribution is -2.36. The molecule has 0 radical (unpaired) electrons. The summed E-state index contributed by atoms with van der Waals surface area (Å²) in [4.78, 5) is 0. The molecule has 0 unspecified atom stereocenters. The van der Waals surface area contributed by atoms with E-state index in [9.17, 15) is 5.11 Å². The Bertz CT molecular complexity index is 164. The molecule has 1 nitrogen and oxygen atoms in total. The van der Waals surface area contributed by atoms with Gasteiger partial charge in [-0.15, -0.1) is 0 Å². The Hall–Kier alpha value is -0.0400. The van der Waals surface area contributed by atoms with E-state index in [4.69, 9.17) is 0 Å². The lowest BCUT2D eigenvalue weighted by atomic mass is 9.70. The molecule has 1 N–H and O–H groups in total. The van der Waals surface area contributed by atoms with Crippen molar-refractivity contribution in [1.82, 2.24) is 0 Å². The van der Waals surface area contributed by atoms with Gasteiger partial charge in [0.2, 0.25) is 0 Å². The molecule has 92 valence electrons. The average molecular weight is 214 g/mol. The second-order valence-electron chi connectivity index (χ2n) is 6.04. The molecule has 0 aliphatic rings. The summed E-state index contributed by atoms with van der Waals surface area (Å²) >= 11 is 0. The van der Waals surface area contributed by atoms with Crippen molar-refractivity contribution in [3.05, 3.63) is 0 Å². The Balaban J connectivity index is 4.52. The third kappa shape index (κ3) is 5.01. The molecule has 0 aromatic heterocycles. The van der Waals surface area contributed by atoms with Gasteiger partial charge in [0.15, 0.2) is 0 Å². The monoisotopic (exact) mass is 214 g/mol. The van der Waals surface area contributed by atoms with Gasteiger partial charge in [0.1, 0.15) is 0 Å². The van der Waals surface area contributed by atoms with E-state index in [0.717, 1.165) is 32.1 Å². The Kier molecular flexibility index (Phi) is 5.87. The summed E-state index contributed by atoms with van der Waals surface area (Å²) in [7, 11) is 0. The zero-order valence-electron chi connectivity index (χ0n) is 11.6. The van der Waals surface area contributed by atoms with Crippen LogP contribution in [0.15, 0.2) is 0 Å². The predicted octanol–water partition coefficient (Wildman–Crippen LogP) is 4.39. The molecule has 0 spiro atoms. The maximum Gasteiger partial charge on any atom is 0.0652 e. The molecular weight excluding hydrogens is 184 g/mol. The lowest BCUT2D eigenvalue weighted by molar-refractivity contribution is -0.0290. The maximum absolute atomic E-state index is 10.6. The van der Waals surface area contributed by atoms with E-state index in [2.05, 4.69) is 41.5 Å². The molecule has 0 saturated heterocycles. The van der Waals surface area contributed by atoms with E-state index in [-0.39, 0.29) is 5.41 Å². The summed E-state index contributed by atoms with van der Waals surface area (Å²) in [6.45, 7) is 13.4. The summed E-state index contributed by atoms with van der Waals surface area (Å²) < 4.78 is 0. The van der Waals surface area contributed by atoms with Gasteiger partial charge >= 0.3 is 0 Å². The van der Waals surface area contributed by atoms with Crippen LogP contribution in [0.2, 0.25) is 0 Å². The van der Waals surface area contributed by atoms with Crippen LogP contribution in [-0.2, 0) is 0 Å². The SMILES string of the molecule is CCCC(O)(CCC)CC(C)(C)C(C)C. The molecule has 0 aromatic carbocycles. The van der Waals surface area contributed by atoms with Gasteiger partial charge in [0.05, 0.1) is 5.60 Å². The van der Waals surface area contributed by atoms with Crippen molar-refractivity contribution in [2.75, 3.05) is 0 Å². The fraction of sp³-hybridized carbons (Fsp3) is 1.00. The van der Waals surface area contributed by atoms with Gasteiger partial charge in [-0.05, 0) is 30.6 Å². The van der Waals surface area contributed by atoms with Crippen molar-refractivity contribution in [1.29, 1.82) is 0 Å². The van der Waals surface area contributed by atoms with E-state index in [1.165, 1.54) is 0 Å². The van der Waals surface area contributed by atoms with E-state index >= 15 is 0 Å². The van der Waals surface area contributed by atoms with Crippen LogP contribution in [0.5, 0.6) is 0 Å². The molecule has 1 heteroatoms.